The molecule has 0 aromatic rings. The van der Waals surface area contributed by atoms with Crippen molar-refractivity contribution in [3.63, 3.8) is 0 Å². The molecule has 0 fully saturated rings. The van der Waals surface area contributed by atoms with Gasteiger partial charge in [-0.15, -0.1) is 0 Å². The Morgan fingerprint density at radius 2 is 1.92 bits per heavy atom. The third-order valence-electron chi connectivity index (χ3n) is 2.38. The summed E-state index contributed by atoms with van der Waals surface area (Å²) in [4.78, 5) is 11.2. The Kier molecular flexibility index (Phi) is 5.13. The lowest BCUT2D eigenvalue weighted by atomic mass is 9.81. The molecule has 0 saturated heterocycles. The summed E-state index contributed by atoms with van der Waals surface area (Å²) in [6, 6.07) is 2.20. The number of hydrogen-bond acceptors (Lipinski definition) is 3. The van der Waals surface area contributed by atoms with Crippen molar-refractivity contribution in [2.45, 2.75) is 40.0 Å². The van der Waals surface area contributed by atoms with Crippen LogP contribution >= 0.6 is 0 Å². The quantitative estimate of drug-likeness (QED) is 0.614. The zero-order valence-electron chi connectivity index (χ0n) is 8.59. The minimum Gasteiger partial charge on any atom is -0.466 e. The summed E-state index contributed by atoms with van der Waals surface area (Å²) in [7, 11) is 0. The first-order chi connectivity index (χ1) is 6.14. The Morgan fingerprint density at radius 3 is 2.23 bits per heavy atom. The van der Waals surface area contributed by atoms with Gasteiger partial charge in [0.15, 0.2) is 0 Å². The van der Waals surface area contributed by atoms with E-state index in [1.54, 1.807) is 6.92 Å². The SMILES string of the molecule is CCOC(=O)CC(C#N)(CC)CC. The van der Waals surface area contributed by atoms with Crippen molar-refractivity contribution in [3.05, 3.63) is 0 Å². The van der Waals surface area contributed by atoms with E-state index in [2.05, 4.69) is 6.07 Å². The first kappa shape index (κ1) is 12.0. The summed E-state index contributed by atoms with van der Waals surface area (Å²) in [6.07, 6.45) is 1.60. The fourth-order valence-electron chi connectivity index (χ4n) is 1.19. The fourth-order valence-corrected chi connectivity index (χ4v) is 1.19. The van der Waals surface area contributed by atoms with Gasteiger partial charge in [0.1, 0.15) is 0 Å². The molecule has 0 spiro atoms. The molecule has 0 unspecified atom stereocenters. The summed E-state index contributed by atoms with van der Waals surface area (Å²) < 4.78 is 4.81. The third-order valence-corrected chi connectivity index (χ3v) is 2.38. The van der Waals surface area contributed by atoms with Crippen molar-refractivity contribution in [1.29, 1.82) is 5.26 Å². The van der Waals surface area contributed by atoms with E-state index >= 15 is 0 Å². The molecule has 0 aliphatic rings. The molecule has 0 amide bonds. The molecule has 0 aromatic heterocycles. The molecule has 0 radical (unpaired) electrons. The highest BCUT2D eigenvalue weighted by atomic mass is 16.5. The fraction of sp³-hybridized carbons (Fsp3) is 0.800. The summed E-state index contributed by atoms with van der Waals surface area (Å²) in [5.41, 5.74) is -0.522. The van der Waals surface area contributed by atoms with Gasteiger partial charge >= 0.3 is 5.97 Å². The third kappa shape index (κ3) is 3.45. The second-order valence-electron chi connectivity index (χ2n) is 3.08. The number of carbonyl (C=O) groups excluding carboxylic acids is 1. The van der Waals surface area contributed by atoms with Gasteiger partial charge in [0.25, 0.3) is 0 Å². The van der Waals surface area contributed by atoms with Gasteiger partial charge in [-0.25, -0.2) is 0 Å². The predicted molar refractivity (Wildman–Crippen MR) is 49.9 cm³/mol. The Labute approximate surface area is 79.7 Å². The molecule has 0 bridgehead atoms. The maximum Gasteiger partial charge on any atom is 0.307 e. The van der Waals surface area contributed by atoms with Gasteiger partial charge in [0.2, 0.25) is 0 Å². The predicted octanol–water partition coefficient (Wildman–Crippen LogP) is 2.27. The van der Waals surface area contributed by atoms with Crippen LogP contribution in [0.15, 0.2) is 0 Å². The Balaban J connectivity index is 4.27. The highest BCUT2D eigenvalue weighted by molar-refractivity contribution is 5.70. The molecule has 0 aliphatic heterocycles. The van der Waals surface area contributed by atoms with Crippen molar-refractivity contribution in [3.8, 4) is 6.07 Å². The molecular formula is C10H17NO2. The van der Waals surface area contributed by atoms with Gasteiger partial charge in [0, 0.05) is 0 Å². The molecule has 0 heterocycles. The molecule has 0 rings (SSSR count). The Morgan fingerprint density at radius 1 is 1.38 bits per heavy atom. The van der Waals surface area contributed by atoms with E-state index in [0.29, 0.717) is 19.4 Å². The topological polar surface area (TPSA) is 50.1 Å². The minimum absolute atomic E-state index is 0.213. The number of ether oxygens (including phenoxy) is 1. The highest BCUT2D eigenvalue weighted by Crippen LogP contribution is 2.29. The molecule has 74 valence electrons. The largest absolute Gasteiger partial charge is 0.466 e. The first-order valence-electron chi connectivity index (χ1n) is 4.71. The summed E-state index contributed by atoms with van der Waals surface area (Å²) >= 11 is 0. The lowest BCUT2D eigenvalue weighted by Crippen LogP contribution is -2.22. The first-order valence-corrected chi connectivity index (χ1v) is 4.71. The van der Waals surface area contributed by atoms with Crippen LogP contribution in [0.1, 0.15) is 40.0 Å². The molecule has 0 aromatic carbocycles. The molecule has 0 saturated carbocycles. The van der Waals surface area contributed by atoms with Crippen LogP contribution in [0.4, 0.5) is 0 Å². The van der Waals surface area contributed by atoms with Crippen molar-refractivity contribution in [2.75, 3.05) is 6.61 Å². The van der Waals surface area contributed by atoms with Crippen molar-refractivity contribution >= 4 is 5.97 Å². The number of rotatable bonds is 5. The van der Waals surface area contributed by atoms with Gasteiger partial charge in [-0.3, -0.25) is 4.79 Å². The summed E-state index contributed by atoms with van der Waals surface area (Å²) in [5, 5.41) is 8.94. The van der Waals surface area contributed by atoms with Gasteiger partial charge in [-0.05, 0) is 19.8 Å². The van der Waals surface area contributed by atoms with E-state index in [4.69, 9.17) is 10.00 Å². The van der Waals surface area contributed by atoms with E-state index in [1.165, 1.54) is 0 Å². The molecule has 0 atom stereocenters. The van der Waals surface area contributed by atoms with Crippen LogP contribution in [-0.4, -0.2) is 12.6 Å². The smallest absolute Gasteiger partial charge is 0.307 e. The second kappa shape index (κ2) is 5.58. The second-order valence-corrected chi connectivity index (χ2v) is 3.08. The summed E-state index contributed by atoms with van der Waals surface area (Å²) in [6.45, 7) is 6.00. The van der Waals surface area contributed by atoms with Crippen LogP contribution in [0.25, 0.3) is 0 Å². The minimum atomic E-state index is -0.522. The monoisotopic (exact) mass is 183 g/mol. The number of carbonyl (C=O) groups is 1. The molecule has 3 heteroatoms. The maximum atomic E-state index is 11.2. The van der Waals surface area contributed by atoms with Crippen LogP contribution in [-0.2, 0) is 9.53 Å². The van der Waals surface area contributed by atoms with Crippen molar-refractivity contribution in [2.24, 2.45) is 5.41 Å². The molecule has 3 nitrogen and oxygen atoms in total. The number of nitrogens with zero attached hydrogens (tertiary/aromatic N) is 1. The standard InChI is InChI=1S/C10H17NO2/c1-4-10(5-2,8-11)7-9(12)13-6-3/h4-7H2,1-3H3. The van der Waals surface area contributed by atoms with Gasteiger partial charge < -0.3 is 4.74 Å². The van der Waals surface area contributed by atoms with Crippen LogP contribution in [0.2, 0.25) is 0 Å². The van der Waals surface area contributed by atoms with Gasteiger partial charge in [-0.2, -0.15) is 5.26 Å². The van der Waals surface area contributed by atoms with E-state index < -0.39 is 5.41 Å². The van der Waals surface area contributed by atoms with Gasteiger partial charge in [0.05, 0.1) is 24.5 Å². The highest BCUT2D eigenvalue weighted by Gasteiger charge is 2.29. The van der Waals surface area contributed by atoms with Crippen LogP contribution in [0.5, 0.6) is 0 Å². The van der Waals surface area contributed by atoms with E-state index in [-0.39, 0.29) is 12.4 Å². The Bertz CT molecular complexity index is 201. The van der Waals surface area contributed by atoms with Gasteiger partial charge in [-0.1, -0.05) is 13.8 Å². The summed E-state index contributed by atoms with van der Waals surface area (Å²) in [5.74, 6) is -0.271. The molecule has 0 aliphatic carbocycles. The average molecular weight is 183 g/mol. The Hall–Kier alpha value is -1.04. The van der Waals surface area contributed by atoms with E-state index in [1.807, 2.05) is 13.8 Å². The average Bonchev–Trinajstić information content (AvgIpc) is 2.15. The van der Waals surface area contributed by atoms with Crippen LogP contribution in [0.3, 0.4) is 0 Å². The number of hydrogen-bond donors (Lipinski definition) is 0. The number of nitriles is 1. The zero-order chi connectivity index (χ0) is 10.3. The van der Waals surface area contributed by atoms with Crippen molar-refractivity contribution in [1.82, 2.24) is 0 Å². The normalized spacial score (nSPS) is 10.6. The molecular weight excluding hydrogens is 166 g/mol. The lowest BCUT2D eigenvalue weighted by molar-refractivity contribution is -0.145. The van der Waals surface area contributed by atoms with E-state index in [0.717, 1.165) is 0 Å². The van der Waals surface area contributed by atoms with Crippen molar-refractivity contribution < 1.29 is 9.53 Å². The lowest BCUT2D eigenvalue weighted by Gasteiger charge is -2.21. The maximum absolute atomic E-state index is 11.2. The molecule has 13 heavy (non-hydrogen) atoms. The van der Waals surface area contributed by atoms with Crippen LogP contribution in [0, 0.1) is 16.7 Å². The number of esters is 1. The van der Waals surface area contributed by atoms with E-state index in [9.17, 15) is 4.79 Å². The molecule has 0 N–H and O–H groups in total. The van der Waals surface area contributed by atoms with Crippen LogP contribution < -0.4 is 0 Å². The zero-order valence-corrected chi connectivity index (χ0v) is 8.59.